The summed E-state index contributed by atoms with van der Waals surface area (Å²) in [5, 5.41) is 9.60. The summed E-state index contributed by atoms with van der Waals surface area (Å²) in [5.74, 6) is -1.95. The monoisotopic (exact) mass is 503 g/mol. The Kier molecular flexibility index (Phi) is 14.1. The predicted octanol–water partition coefficient (Wildman–Crippen LogP) is 4.98. The molecule has 7 nitrogen and oxygen atoms in total. The minimum atomic E-state index is -1.06. The smallest absolute Gasteiger partial charge is 0.331 e. The molecule has 2 atom stereocenters. The van der Waals surface area contributed by atoms with Gasteiger partial charge in [0.15, 0.2) is 6.04 Å². The van der Waals surface area contributed by atoms with Crippen LogP contribution in [0.1, 0.15) is 59.9 Å². The average Bonchev–Trinajstić information content (AvgIpc) is 3.34. The summed E-state index contributed by atoms with van der Waals surface area (Å²) in [5.41, 5.74) is 7.23. The van der Waals surface area contributed by atoms with Crippen LogP contribution in [0.4, 0.5) is 10.1 Å². The number of halogens is 1. The number of amides is 2. The van der Waals surface area contributed by atoms with Crippen molar-refractivity contribution in [1.82, 2.24) is 4.90 Å². The second-order valence-corrected chi connectivity index (χ2v) is 9.07. The van der Waals surface area contributed by atoms with Crippen molar-refractivity contribution in [3.05, 3.63) is 66.0 Å². The topological polar surface area (TPSA) is 104 Å². The molecule has 0 aromatic heterocycles. The zero-order valence-electron chi connectivity index (χ0n) is 22.6. The highest BCUT2D eigenvalue weighted by Gasteiger charge is 2.27. The van der Waals surface area contributed by atoms with Gasteiger partial charge in [0.25, 0.3) is 0 Å². The first-order valence-electron chi connectivity index (χ1n) is 12.1. The number of rotatable bonds is 8. The Morgan fingerprint density at radius 2 is 1.81 bits per heavy atom. The van der Waals surface area contributed by atoms with E-state index in [1.54, 1.807) is 18.9 Å². The summed E-state index contributed by atoms with van der Waals surface area (Å²) < 4.78 is 13.6. The maximum atomic E-state index is 13.6. The third-order valence-corrected chi connectivity index (χ3v) is 5.65. The van der Waals surface area contributed by atoms with Crippen LogP contribution in [-0.2, 0) is 19.8 Å². The number of carbonyl (C=O) groups excluding carboxylic acids is 2. The molecule has 1 fully saturated rings. The van der Waals surface area contributed by atoms with Gasteiger partial charge in [-0.3, -0.25) is 9.59 Å². The van der Waals surface area contributed by atoms with Gasteiger partial charge in [0.2, 0.25) is 12.3 Å². The van der Waals surface area contributed by atoms with Gasteiger partial charge in [0.05, 0.1) is 0 Å². The number of nitrogens with two attached hydrogens (primary N) is 1. The average molecular weight is 504 g/mol. The largest absolute Gasteiger partial charge is 0.479 e. The van der Waals surface area contributed by atoms with Crippen molar-refractivity contribution in [2.75, 3.05) is 18.5 Å². The van der Waals surface area contributed by atoms with Crippen molar-refractivity contribution in [3.8, 4) is 0 Å². The highest BCUT2D eigenvalue weighted by molar-refractivity contribution is 5.83. The van der Waals surface area contributed by atoms with Crippen molar-refractivity contribution >= 4 is 24.0 Å². The Morgan fingerprint density at radius 3 is 2.17 bits per heavy atom. The Labute approximate surface area is 215 Å². The van der Waals surface area contributed by atoms with Crippen molar-refractivity contribution in [3.63, 3.8) is 0 Å². The van der Waals surface area contributed by atoms with Gasteiger partial charge in [0.1, 0.15) is 11.9 Å². The van der Waals surface area contributed by atoms with Gasteiger partial charge < -0.3 is 20.6 Å². The minimum Gasteiger partial charge on any atom is -0.479 e. The van der Waals surface area contributed by atoms with Crippen LogP contribution in [0.2, 0.25) is 0 Å². The number of aliphatic carboxylic acids is 1. The summed E-state index contributed by atoms with van der Waals surface area (Å²) in [6.07, 6.45) is 6.14. The number of anilines is 1. The van der Waals surface area contributed by atoms with E-state index >= 15 is 0 Å². The van der Waals surface area contributed by atoms with E-state index in [0.29, 0.717) is 24.9 Å². The van der Waals surface area contributed by atoms with Crippen LogP contribution >= 0.6 is 0 Å². The molecule has 1 heterocycles. The fraction of sp³-hybridized carbons (Fsp3) is 0.464. The summed E-state index contributed by atoms with van der Waals surface area (Å²) in [7, 11) is 1.68. The van der Waals surface area contributed by atoms with Crippen LogP contribution in [-0.4, -0.2) is 54.0 Å². The van der Waals surface area contributed by atoms with Crippen LogP contribution in [0, 0.1) is 0 Å². The summed E-state index contributed by atoms with van der Waals surface area (Å²) in [6, 6.07) is 6.35. The lowest BCUT2D eigenvalue weighted by Crippen LogP contribution is -2.39. The maximum absolute atomic E-state index is 13.6. The Balaban J connectivity index is 0.000000845. The number of allylic oxidation sites excluding steroid dienone is 3. The zero-order chi connectivity index (χ0) is 28.1. The molecule has 2 unspecified atom stereocenters. The number of hydrogen-bond acceptors (Lipinski definition) is 4. The fourth-order valence-corrected chi connectivity index (χ4v) is 3.59. The third kappa shape index (κ3) is 9.68. The quantitative estimate of drug-likeness (QED) is 0.385. The number of primary amides is 1. The first-order chi connectivity index (χ1) is 16.9. The van der Waals surface area contributed by atoms with Gasteiger partial charge in [-0.25, -0.2) is 9.18 Å². The second kappa shape index (κ2) is 15.5. The molecule has 0 saturated carbocycles. The molecule has 1 aliphatic rings. The van der Waals surface area contributed by atoms with E-state index in [-0.39, 0.29) is 11.5 Å². The molecule has 8 heteroatoms. The minimum absolute atomic E-state index is 0.0184. The van der Waals surface area contributed by atoms with Gasteiger partial charge in [-0.1, -0.05) is 65.5 Å². The van der Waals surface area contributed by atoms with Gasteiger partial charge in [-0.2, -0.15) is 0 Å². The van der Waals surface area contributed by atoms with Crippen molar-refractivity contribution in [1.29, 1.82) is 0 Å². The van der Waals surface area contributed by atoms with E-state index in [0.717, 1.165) is 17.7 Å². The summed E-state index contributed by atoms with van der Waals surface area (Å²) in [4.78, 5) is 35.6. The number of carboxylic acids is 1. The lowest BCUT2D eigenvalue weighted by atomic mass is 9.87. The Hall–Kier alpha value is -3.42. The molecule has 2 rings (SSSR count). The number of benzene rings is 1. The molecule has 3 N–H and O–H groups in total. The predicted molar refractivity (Wildman–Crippen MR) is 144 cm³/mol. The molecule has 0 radical (unpaired) electrons. The molecule has 1 saturated heterocycles. The van der Waals surface area contributed by atoms with E-state index in [4.69, 9.17) is 5.73 Å². The number of hydrogen-bond donors (Lipinski definition) is 2. The standard InChI is InChI=1S/C20H26FNO2.C6H10N2O2.C2H6/c1-7-14(13-16(21)8-2)18(19(23)24)22(6)17-11-9-15(10-12-17)20(3,4)5;7-6(10)5-2-1-3-8(5)4-9;1-2/h7-13,18H,1H2,2-6H3,(H,23,24);4-5H,1-3H2,(H2,7,10);1-2H3/b14-13+,16-8+;;. The van der Waals surface area contributed by atoms with E-state index in [2.05, 4.69) is 27.4 Å². The molecule has 1 aliphatic heterocycles. The number of carboxylic acid groups (broad SMARTS) is 1. The Morgan fingerprint density at radius 1 is 1.25 bits per heavy atom. The number of nitrogens with zero attached hydrogens (tertiary/aromatic N) is 2. The van der Waals surface area contributed by atoms with Crippen LogP contribution in [0.25, 0.3) is 0 Å². The Bertz CT molecular complexity index is 933. The highest BCUT2D eigenvalue weighted by atomic mass is 19.1. The molecule has 0 aliphatic carbocycles. The summed E-state index contributed by atoms with van der Waals surface area (Å²) in [6.45, 7) is 16.2. The molecular weight excluding hydrogens is 461 g/mol. The molecule has 2 amide bonds. The molecule has 0 bridgehead atoms. The van der Waals surface area contributed by atoms with Gasteiger partial charge >= 0.3 is 5.97 Å². The van der Waals surface area contributed by atoms with Crippen LogP contribution in [0.5, 0.6) is 0 Å². The number of carbonyl (C=O) groups is 3. The lowest BCUT2D eigenvalue weighted by molar-refractivity contribution is -0.137. The molecular formula is C28H42FN3O4. The third-order valence-electron chi connectivity index (χ3n) is 5.65. The molecule has 0 spiro atoms. The second-order valence-electron chi connectivity index (χ2n) is 9.07. The van der Waals surface area contributed by atoms with E-state index in [1.807, 2.05) is 38.1 Å². The normalized spacial score (nSPS) is 16.6. The fourth-order valence-electron chi connectivity index (χ4n) is 3.59. The maximum Gasteiger partial charge on any atom is 0.331 e. The van der Waals surface area contributed by atoms with Crippen LogP contribution in [0.3, 0.4) is 0 Å². The molecule has 1 aromatic carbocycles. The van der Waals surface area contributed by atoms with E-state index in [1.165, 1.54) is 23.1 Å². The van der Waals surface area contributed by atoms with Gasteiger partial charge in [-0.15, -0.1) is 0 Å². The molecule has 200 valence electrons. The highest BCUT2D eigenvalue weighted by Crippen LogP contribution is 2.27. The van der Waals surface area contributed by atoms with Crippen LogP contribution < -0.4 is 10.6 Å². The van der Waals surface area contributed by atoms with E-state index in [9.17, 15) is 23.9 Å². The van der Waals surface area contributed by atoms with Crippen molar-refractivity contribution in [2.24, 2.45) is 5.73 Å². The summed E-state index contributed by atoms with van der Waals surface area (Å²) >= 11 is 0. The molecule has 36 heavy (non-hydrogen) atoms. The van der Waals surface area contributed by atoms with E-state index < -0.39 is 23.7 Å². The number of likely N-dealkylation sites (N-methyl/N-ethyl adjacent to an activating group) is 1. The lowest BCUT2D eigenvalue weighted by Gasteiger charge is -2.28. The van der Waals surface area contributed by atoms with Crippen LogP contribution in [0.15, 0.2) is 60.5 Å². The van der Waals surface area contributed by atoms with Crippen molar-refractivity contribution < 1.29 is 23.9 Å². The van der Waals surface area contributed by atoms with Gasteiger partial charge in [-0.05, 0) is 54.5 Å². The first-order valence-corrected chi connectivity index (χ1v) is 12.1. The zero-order valence-corrected chi connectivity index (χ0v) is 22.6. The SMILES string of the molecule is C=C/C(=C\C(F)=C/C)C(C(=O)O)N(C)c1ccc(C(C)(C)C)cc1.CC.NC(=O)C1CCCN1C=O. The first kappa shape index (κ1) is 32.6. The molecule has 1 aromatic rings. The van der Waals surface area contributed by atoms with Crippen molar-refractivity contribution in [2.45, 2.75) is 71.9 Å². The number of likely N-dealkylation sites (tertiary alicyclic amines) is 1. The van der Waals surface area contributed by atoms with Gasteiger partial charge in [0, 0.05) is 19.3 Å².